The number of para-hydroxylation sites is 1. The van der Waals surface area contributed by atoms with E-state index in [4.69, 9.17) is 0 Å². The number of alkyl halides is 1. The highest BCUT2D eigenvalue weighted by Gasteiger charge is 2.21. The molecule has 0 unspecified atom stereocenters. The lowest BCUT2D eigenvalue weighted by Crippen LogP contribution is -2.15. The van der Waals surface area contributed by atoms with Crippen LogP contribution >= 0.6 is 15.9 Å². The Kier molecular flexibility index (Phi) is 3.81. The summed E-state index contributed by atoms with van der Waals surface area (Å²) in [5.74, 6) is -1.05. The summed E-state index contributed by atoms with van der Waals surface area (Å²) in [4.78, 5) is 23.4. The lowest BCUT2D eigenvalue weighted by molar-refractivity contribution is 0.0696. The van der Waals surface area contributed by atoms with Gasteiger partial charge in [-0.05, 0) is 35.9 Å². The van der Waals surface area contributed by atoms with Gasteiger partial charge in [0.15, 0.2) is 5.43 Å². The van der Waals surface area contributed by atoms with Crippen LogP contribution in [-0.2, 0) is 5.33 Å². The van der Waals surface area contributed by atoms with Gasteiger partial charge < -0.3 is 9.67 Å². The Balaban J connectivity index is 2.44. The van der Waals surface area contributed by atoms with Crippen molar-refractivity contribution in [3.8, 4) is 16.8 Å². The normalized spacial score (nSPS) is 10.8. The standard InChI is InChI=1S/C17H12BrNO3/c18-9-15-16(17(21)22)14-8-13(20)7-6-11(14)10-19(15)12-4-2-1-3-5-12/h1-8,10H,9H2,(H,21,22). The molecule has 1 N–H and O–H groups in total. The van der Waals surface area contributed by atoms with Gasteiger partial charge in [-0.2, -0.15) is 0 Å². The second-order valence-corrected chi connectivity index (χ2v) is 5.40. The van der Waals surface area contributed by atoms with Gasteiger partial charge in [0, 0.05) is 28.5 Å². The SMILES string of the molecule is O=C(O)c1c2cc(=O)ccc-2cn(-c2ccccc2)c1CBr. The highest BCUT2D eigenvalue weighted by atomic mass is 79.9. The number of rotatable bonds is 3. The smallest absolute Gasteiger partial charge is 0.338 e. The number of fused-ring (bicyclic) bond motifs is 1. The third-order valence-corrected chi connectivity index (χ3v) is 4.05. The van der Waals surface area contributed by atoms with Crippen molar-refractivity contribution in [1.82, 2.24) is 4.57 Å². The molecule has 1 heterocycles. The Morgan fingerprint density at radius 3 is 2.50 bits per heavy atom. The van der Waals surface area contributed by atoms with Crippen molar-refractivity contribution in [2.75, 3.05) is 0 Å². The van der Waals surface area contributed by atoms with Gasteiger partial charge in [-0.15, -0.1) is 0 Å². The lowest BCUT2D eigenvalue weighted by atomic mass is 9.97. The van der Waals surface area contributed by atoms with Crippen LogP contribution < -0.4 is 5.43 Å². The third kappa shape index (κ3) is 2.44. The van der Waals surface area contributed by atoms with Crippen LogP contribution in [0.4, 0.5) is 0 Å². The minimum atomic E-state index is -1.05. The van der Waals surface area contributed by atoms with E-state index >= 15 is 0 Å². The molecule has 2 aliphatic rings. The maximum atomic E-state index is 11.8. The molecule has 1 aromatic carbocycles. The minimum absolute atomic E-state index is 0.149. The molecule has 0 aromatic heterocycles. The zero-order valence-electron chi connectivity index (χ0n) is 11.5. The second kappa shape index (κ2) is 5.77. The minimum Gasteiger partial charge on any atom is -0.478 e. The number of aromatic carboxylic acids is 1. The van der Waals surface area contributed by atoms with Gasteiger partial charge in [-0.3, -0.25) is 4.79 Å². The number of hydrogen-bond acceptors (Lipinski definition) is 2. The van der Waals surface area contributed by atoms with Gasteiger partial charge in [0.1, 0.15) is 0 Å². The Hall–Kier alpha value is -2.40. The lowest BCUT2D eigenvalue weighted by Gasteiger charge is -2.20. The van der Waals surface area contributed by atoms with Gasteiger partial charge in [0.2, 0.25) is 0 Å². The van der Waals surface area contributed by atoms with E-state index in [2.05, 4.69) is 15.9 Å². The third-order valence-electron chi connectivity index (χ3n) is 3.52. The average molecular weight is 358 g/mol. The van der Waals surface area contributed by atoms with E-state index in [1.165, 1.54) is 12.1 Å². The van der Waals surface area contributed by atoms with Crippen LogP contribution in [0.15, 0.2) is 59.5 Å². The molecular formula is C17H12BrNO3. The van der Waals surface area contributed by atoms with Crippen molar-refractivity contribution >= 4 is 21.9 Å². The zero-order chi connectivity index (χ0) is 15.7. The Labute approximate surface area is 135 Å². The van der Waals surface area contributed by atoms with Crippen molar-refractivity contribution in [3.05, 3.63) is 76.2 Å². The summed E-state index contributed by atoms with van der Waals surface area (Å²) in [7, 11) is 0. The van der Waals surface area contributed by atoms with Crippen LogP contribution in [0.5, 0.6) is 0 Å². The first-order valence-corrected chi connectivity index (χ1v) is 7.77. The van der Waals surface area contributed by atoms with Gasteiger partial charge in [-0.25, -0.2) is 4.79 Å². The summed E-state index contributed by atoms with van der Waals surface area (Å²) < 4.78 is 1.84. The number of aromatic nitrogens is 1. The number of carbonyl (C=O) groups is 1. The van der Waals surface area contributed by atoms with Crippen LogP contribution in [0.2, 0.25) is 0 Å². The van der Waals surface area contributed by atoms with Crippen molar-refractivity contribution in [1.29, 1.82) is 0 Å². The second-order valence-electron chi connectivity index (χ2n) is 4.84. The number of carboxylic acid groups (broad SMARTS) is 1. The maximum absolute atomic E-state index is 11.8. The summed E-state index contributed by atoms with van der Waals surface area (Å²) in [6, 6.07) is 14.0. The quantitative estimate of drug-likeness (QED) is 0.729. The first-order chi connectivity index (χ1) is 10.6. The van der Waals surface area contributed by atoms with Crippen LogP contribution in [0.25, 0.3) is 16.8 Å². The Bertz CT molecular complexity index is 871. The summed E-state index contributed by atoms with van der Waals surface area (Å²) >= 11 is 3.37. The first-order valence-electron chi connectivity index (χ1n) is 6.65. The molecule has 0 spiro atoms. The summed E-state index contributed by atoms with van der Waals surface area (Å²) in [6.45, 7) is 0. The Morgan fingerprint density at radius 2 is 1.86 bits per heavy atom. The van der Waals surface area contributed by atoms with Gasteiger partial charge in [-0.1, -0.05) is 34.1 Å². The first kappa shape index (κ1) is 14.5. The molecule has 1 aliphatic heterocycles. The molecule has 0 saturated heterocycles. The van der Waals surface area contributed by atoms with Crippen LogP contribution in [0.1, 0.15) is 16.1 Å². The van der Waals surface area contributed by atoms with Gasteiger partial charge >= 0.3 is 5.97 Å². The topological polar surface area (TPSA) is 59.3 Å². The summed E-state index contributed by atoms with van der Waals surface area (Å²) in [5, 5.41) is 9.98. The fourth-order valence-corrected chi connectivity index (χ4v) is 3.10. The molecule has 1 aromatic rings. The fourth-order valence-electron chi connectivity index (χ4n) is 2.55. The van der Waals surface area contributed by atoms with Gasteiger partial charge in [0.05, 0.1) is 5.56 Å². The monoisotopic (exact) mass is 357 g/mol. The van der Waals surface area contributed by atoms with E-state index in [9.17, 15) is 14.7 Å². The molecule has 4 nitrogen and oxygen atoms in total. The number of pyridine rings is 1. The predicted octanol–water partition coefficient (Wildman–Crippen LogP) is 3.54. The van der Waals surface area contributed by atoms with Crippen LogP contribution in [0, 0.1) is 0 Å². The molecule has 110 valence electrons. The largest absolute Gasteiger partial charge is 0.478 e. The molecule has 22 heavy (non-hydrogen) atoms. The number of hydrogen-bond donors (Lipinski definition) is 1. The molecule has 0 saturated carbocycles. The van der Waals surface area contributed by atoms with E-state index in [1.807, 2.05) is 41.1 Å². The molecule has 0 radical (unpaired) electrons. The zero-order valence-corrected chi connectivity index (χ0v) is 13.1. The van der Waals surface area contributed by atoms with E-state index < -0.39 is 5.97 Å². The molecule has 1 aliphatic carbocycles. The van der Waals surface area contributed by atoms with Crippen molar-refractivity contribution in [3.63, 3.8) is 0 Å². The summed E-state index contributed by atoms with van der Waals surface area (Å²) in [6.07, 6.45) is 1.85. The van der Waals surface area contributed by atoms with Gasteiger partial charge in [0.25, 0.3) is 0 Å². The molecule has 0 bridgehead atoms. The Morgan fingerprint density at radius 1 is 1.14 bits per heavy atom. The van der Waals surface area contributed by atoms with Crippen LogP contribution in [-0.4, -0.2) is 15.6 Å². The molecule has 0 amide bonds. The predicted molar refractivity (Wildman–Crippen MR) is 88.3 cm³/mol. The average Bonchev–Trinajstić information content (AvgIpc) is 2.53. The van der Waals surface area contributed by atoms with E-state index in [1.54, 1.807) is 6.07 Å². The molecule has 3 rings (SSSR count). The maximum Gasteiger partial charge on any atom is 0.338 e. The fraction of sp³-hybridized carbons (Fsp3) is 0.0588. The van der Waals surface area contributed by atoms with E-state index in [0.29, 0.717) is 22.2 Å². The highest BCUT2D eigenvalue weighted by Crippen LogP contribution is 2.30. The number of carboxylic acids is 1. The number of benzene rings is 2. The highest BCUT2D eigenvalue weighted by molar-refractivity contribution is 9.08. The summed E-state index contributed by atoms with van der Waals surface area (Å²) in [5.41, 5.74) is 2.58. The van der Waals surface area contributed by atoms with E-state index in [0.717, 1.165) is 5.69 Å². The van der Waals surface area contributed by atoms with Crippen molar-refractivity contribution in [2.24, 2.45) is 0 Å². The number of nitrogens with zero attached hydrogens (tertiary/aromatic N) is 1. The van der Waals surface area contributed by atoms with E-state index in [-0.39, 0.29) is 11.0 Å². The molecule has 0 atom stereocenters. The molecular weight excluding hydrogens is 346 g/mol. The van der Waals surface area contributed by atoms with Crippen LogP contribution in [0.3, 0.4) is 0 Å². The molecule has 0 fully saturated rings. The van der Waals surface area contributed by atoms with Crippen molar-refractivity contribution < 1.29 is 9.90 Å². The molecule has 5 heteroatoms. The van der Waals surface area contributed by atoms with Crippen molar-refractivity contribution in [2.45, 2.75) is 5.33 Å². The number of halogens is 1.